The Morgan fingerprint density at radius 1 is 1.53 bits per heavy atom. The lowest BCUT2D eigenvalue weighted by Gasteiger charge is -2.16. The molecule has 0 radical (unpaired) electrons. The number of carbonyl (C=O) groups is 1. The summed E-state index contributed by atoms with van der Waals surface area (Å²) in [6.07, 6.45) is 4.99. The summed E-state index contributed by atoms with van der Waals surface area (Å²) in [6.45, 7) is 4.72. The van der Waals surface area contributed by atoms with Crippen molar-refractivity contribution in [1.82, 2.24) is 10.3 Å². The molecule has 0 aliphatic rings. The first-order valence-electron chi connectivity index (χ1n) is 5.94. The van der Waals surface area contributed by atoms with E-state index < -0.39 is 12.0 Å². The molecule has 0 fully saturated rings. The number of rotatable bonds is 7. The summed E-state index contributed by atoms with van der Waals surface area (Å²) in [5.41, 5.74) is 1.12. The highest BCUT2D eigenvalue weighted by atomic mass is 16.4. The van der Waals surface area contributed by atoms with Gasteiger partial charge in [-0.25, -0.2) is 0 Å². The zero-order valence-corrected chi connectivity index (χ0v) is 10.4. The topological polar surface area (TPSA) is 62.2 Å². The summed E-state index contributed by atoms with van der Waals surface area (Å²) >= 11 is 0. The highest BCUT2D eigenvalue weighted by Crippen LogP contribution is 2.05. The molecule has 1 unspecified atom stereocenters. The molecule has 4 heteroatoms. The second-order valence-corrected chi connectivity index (χ2v) is 4.59. The lowest BCUT2D eigenvalue weighted by Crippen LogP contribution is -2.38. The minimum Gasteiger partial charge on any atom is -0.480 e. The highest BCUT2D eigenvalue weighted by molar-refractivity contribution is 5.73. The van der Waals surface area contributed by atoms with E-state index in [9.17, 15) is 4.79 Å². The molecule has 1 aromatic heterocycles. The molecule has 0 amide bonds. The maximum atomic E-state index is 11.0. The first-order chi connectivity index (χ1) is 8.09. The standard InChI is InChI=1S/C13H20N2O2/c1-10(2)8-12(13(16)17)15-7-5-11-4-3-6-14-9-11/h3-4,6,9-10,12,15H,5,7-8H2,1-2H3,(H,16,17). The summed E-state index contributed by atoms with van der Waals surface area (Å²) in [5, 5.41) is 12.1. The van der Waals surface area contributed by atoms with Crippen LogP contribution in [-0.2, 0) is 11.2 Å². The first-order valence-corrected chi connectivity index (χ1v) is 5.94. The summed E-state index contributed by atoms with van der Waals surface area (Å²) in [7, 11) is 0. The molecule has 0 saturated heterocycles. The van der Waals surface area contributed by atoms with E-state index >= 15 is 0 Å². The number of carboxylic acid groups (broad SMARTS) is 1. The van der Waals surface area contributed by atoms with Gasteiger partial charge in [-0.05, 0) is 30.4 Å². The van der Waals surface area contributed by atoms with Crippen molar-refractivity contribution >= 4 is 5.97 Å². The number of hydrogen-bond donors (Lipinski definition) is 2. The van der Waals surface area contributed by atoms with Gasteiger partial charge in [0, 0.05) is 18.9 Å². The molecular weight excluding hydrogens is 216 g/mol. The van der Waals surface area contributed by atoms with Crippen LogP contribution in [0.4, 0.5) is 0 Å². The Morgan fingerprint density at radius 2 is 2.29 bits per heavy atom. The largest absolute Gasteiger partial charge is 0.480 e. The smallest absolute Gasteiger partial charge is 0.320 e. The lowest BCUT2D eigenvalue weighted by atomic mass is 10.0. The van der Waals surface area contributed by atoms with Crippen molar-refractivity contribution in [2.45, 2.75) is 32.7 Å². The van der Waals surface area contributed by atoms with Crippen molar-refractivity contribution in [2.75, 3.05) is 6.54 Å². The van der Waals surface area contributed by atoms with Crippen LogP contribution in [0.2, 0.25) is 0 Å². The Hall–Kier alpha value is -1.42. The van der Waals surface area contributed by atoms with Crippen LogP contribution >= 0.6 is 0 Å². The van der Waals surface area contributed by atoms with Crippen LogP contribution in [0.1, 0.15) is 25.8 Å². The number of nitrogens with one attached hydrogen (secondary N) is 1. The van der Waals surface area contributed by atoms with Crippen molar-refractivity contribution in [3.8, 4) is 0 Å². The van der Waals surface area contributed by atoms with Gasteiger partial charge >= 0.3 is 5.97 Å². The van der Waals surface area contributed by atoms with Crippen LogP contribution in [0.25, 0.3) is 0 Å². The van der Waals surface area contributed by atoms with Crippen LogP contribution in [0.5, 0.6) is 0 Å². The van der Waals surface area contributed by atoms with E-state index in [4.69, 9.17) is 5.11 Å². The molecule has 0 aliphatic heterocycles. The summed E-state index contributed by atoms with van der Waals surface area (Å²) in [4.78, 5) is 15.0. The summed E-state index contributed by atoms with van der Waals surface area (Å²) in [5.74, 6) is -0.396. The molecule has 0 aliphatic carbocycles. The molecule has 0 aromatic carbocycles. The second kappa shape index (κ2) is 7.01. The second-order valence-electron chi connectivity index (χ2n) is 4.59. The maximum Gasteiger partial charge on any atom is 0.320 e. The third-order valence-electron chi connectivity index (χ3n) is 2.53. The Kier molecular flexibility index (Phi) is 5.63. The average molecular weight is 236 g/mol. The molecule has 0 spiro atoms. The Labute approximate surface area is 102 Å². The highest BCUT2D eigenvalue weighted by Gasteiger charge is 2.17. The number of carboxylic acids is 1. The van der Waals surface area contributed by atoms with Gasteiger partial charge in [0.2, 0.25) is 0 Å². The van der Waals surface area contributed by atoms with Gasteiger partial charge < -0.3 is 10.4 Å². The van der Waals surface area contributed by atoms with E-state index in [1.807, 2.05) is 26.0 Å². The van der Waals surface area contributed by atoms with Crippen molar-refractivity contribution < 1.29 is 9.90 Å². The van der Waals surface area contributed by atoms with Crippen molar-refractivity contribution in [3.05, 3.63) is 30.1 Å². The van der Waals surface area contributed by atoms with E-state index in [1.54, 1.807) is 12.4 Å². The normalized spacial score (nSPS) is 12.6. The SMILES string of the molecule is CC(C)CC(NCCc1cccnc1)C(=O)O. The van der Waals surface area contributed by atoms with Crippen LogP contribution in [0.3, 0.4) is 0 Å². The minimum absolute atomic E-state index is 0.377. The van der Waals surface area contributed by atoms with E-state index in [0.717, 1.165) is 12.0 Å². The number of pyridine rings is 1. The first kappa shape index (κ1) is 13.6. The van der Waals surface area contributed by atoms with Crippen molar-refractivity contribution in [3.63, 3.8) is 0 Å². The molecule has 1 aromatic rings. The third kappa shape index (κ3) is 5.45. The lowest BCUT2D eigenvalue weighted by molar-refractivity contribution is -0.139. The van der Waals surface area contributed by atoms with Gasteiger partial charge in [0.05, 0.1) is 0 Å². The predicted octanol–water partition coefficient (Wildman–Crippen LogP) is 1.71. The van der Waals surface area contributed by atoms with Gasteiger partial charge in [-0.3, -0.25) is 9.78 Å². The van der Waals surface area contributed by atoms with Crippen LogP contribution in [0.15, 0.2) is 24.5 Å². The van der Waals surface area contributed by atoms with E-state index in [-0.39, 0.29) is 0 Å². The van der Waals surface area contributed by atoms with Gasteiger partial charge in [-0.1, -0.05) is 19.9 Å². The van der Waals surface area contributed by atoms with E-state index in [0.29, 0.717) is 18.9 Å². The Bertz CT molecular complexity index is 339. The van der Waals surface area contributed by atoms with Crippen molar-refractivity contribution in [1.29, 1.82) is 0 Å². The molecule has 0 bridgehead atoms. The monoisotopic (exact) mass is 236 g/mol. The number of aromatic nitrogens is 1. The summed E-state index contributed by atoms with van der Waals surface area (Å²) in [6, 6.07) is 3.43. The van der Waals surface area contributed by atoms with Crippen LogP contribution in [-0.4, -0.2) is 28.6 Å². The molecule has 2 N–H and O–H groups in total. The molecule has 17 heavy (non-hydrogen) atoms. The van der Waals surface area contributed by atoms with Gasteiger partial charge in [0.1, 0.15) is 6.04 Å². The molecule has 1 rings (SSSR count). The summed E-state index contributed by atoms with van der Waals surface area (Å²) < 4.78 is 0. The maximum absolute atomic E-state index is 11.0. The fourth-order valence-corrected chi connectivity index (χ4v) is 1.68. The van der Waals surface area contributed by atoms with Crippen LogP contribution < -0.4 is 5.32 Å². The number of aliphatic carboxylic acids is 1. The average Bonchev–Trinajstić information content (AvgIpc) is 2.28. The van der Waals surface area contributed by atoms with Gasteiger partial charge in [-0.2, -0.15) is 0 Å². The fraction of sp³-hybridized carbons (Fsp3) is 0.538. The predicted molar refractivity (Wildman–Crippen MR) is 66.8 cm³/mol. The fourth-order valence-electron chi connectivity index (χ4n) is 1.68. The minimum atomic E-state index is -0.773. The van der Waals surface area contributed by atoms with Gasteiger partial charge in [0.25, 0.3) is 0 Å². The number of nitrogens with zero attached hydrogens (tertiary/aromatic N) is 1. The molecular formula is C13H20N2O2. The number of hydrogen-bond acceptors (Lipinski definition) is 3. The molecule has 4 nitrogen and oxygen atoms in total. The van der Waals surface area contributed by atoms with E-state index in [1.165, 1.54) is 0 Å². The molecule has 0 saturated carbocycles. The molecule has 1 atom stereocenters. The zero-order chi connectivity index (χ0) is 12.7. The molecule has 1 heterocycles. The zero-order valence-electron chi connectivity index (χ0n) is 10.4. The Morgan fingerprint density at radius 3 is 2.82 bits per heavy atom. The Balaban J connectivity index is 2.35. The quantitative estimate of drug-likeness (QED) is 0.756. The van der Waals surface area contributed by atoms with Gasteiger partial charge in [0.15, 0.2) is 0 Å². The van der Waals surface area contributed by atoms with Crippen LogP contribution in [0, 0.1) is 5.92 Å². The third-order valence-corrected chi connectivity index (χ3v) is 2.53. The van der Waals surface area contributed by atoms with Crippen molar-refractivity contribution in [2.24, 2.45) is 5.92 Å². The van der Waals surface area contributed by atoms with E-state index in [2.05, 4.69) is 10.3 Å². The van der Waals surface area contributed by atoms with Gasteiger partial charge in [-0.15, -0.1) is 0 Å². The molecule has 94 valence electrons.